The number of rotatable bonds is 3. The molecule has 0 N–H and O–H groups in total. The summed E-state index contributed by atoms with van der Waals surface area (Å²) < 4.78 is 7.28. The zero-order chi connectivity index (χ0) is 15.5. The molecule has 1 aromatic carbocycles. The molecule has 110 valence electrons. The number of benzene rings is 1. The van der Waals surface area contributed by atoms with E-state index in [0.29, 0.717) is 16.7 Å². The van der Waals surface area contributed by atoms with E-state index in [0.717, 1.165) is 10.2 Å². The number of hydrogen-bond donors (Lipinski definition) is 0. The number of nitrogens with zero attached hydrogens (tertiary/aromatic N) is 3. The Kier molecular flexibility index (Phi) is 4.02. The van der Waals surface area contributed by atoms with Crippen LogP contribution in [0.5, 0.6) is 0 Å². The van der Waals surface area contributed by atoms with Gasteiger partial charge in [0.05, 0.1) is 17.2 Å². The third-order valence-electron chi connectivity index (χ3n) is 3.04. The van der Waals surface area contributed by atoms with Crippen molar-refractivity contribution in [1.82, 2.24) is 9.66 Å². The lowest BCUT2D eigenvalue weighted by Crippen LogP contribution is -2.20. The summed E-state index contributed by atoms with van der Waals surface area (Å²) in [5, 5.41) is 4.68. The smallest absolute Gasteiger partial charge is 0.282 e. The first kappa shape index (κ1) is 14.5. The molecule has 0 atom stereocenters. The van der Waals surface area contributed by atoms with Crippen LogP contribution in [-0.4, -0.2) is 15.9 Å². The van der Waals surface area contributed by atoms with Crippen LogP contribution in [0.4, 0.5) is 0 Å². The van der Waals surface area contributed by atoms with Gasteiger partial charge < -0.3 is 4.42 Å². The summed E-state index contributed by atoms with van der Waals surface area (Å²) >= 11 is 3.36. The van der Waals surface area contributed by atoms with Gasteiger partial charge in [-0.3, -0.25) is 4.79 Å². The highest BCUT2D eigenvalue weighted by Crippen LogP contribution is 2.15. The van der Waals surface area contributed by atoms with E-state index in [4.69, 9.17) is 4.42 Å². The molecular weight excluding hydrogens is 346 g/mol. The summed E-state index contributed by atoms with van der Waals surface area (Å²) in [6.45, 7) is 1.75. The minimum absolute atomic E-state index is 0.202. The molecule has 0 fully saturated rings. The normalized spacial score (nSPS) is 11.9. The number of hydrogen-bond acceptors (Lipinski definition) is 4. The molecule has 0 aliphatic carbocycles. The van der Waals surface area contributed by atoms with Gasteiger partial charge in [-0.15, -0.1) is 0 Å². The molecule has 2 aromatic heterocycles. The monoisotopic (exact) mass is 357 g/mol. The van der Waals surface area contributed by atoms with Gasteiger partial charge in [0.25, 0.3) is 5.56 Å². The Balaban J connectivity index is 1.98. The van der Waals surface area contributed by atoms with Crippen molar-refractivity contribution in [2.75, 3.05) is 0 Å². The van der Waals surface area contributed by atoms with Crippen LogP contribution < -0.4 is 5.56 Å². The van der Waals surface area contributed by atoms with Crippen molar-refractivity contribution in [3.05, 3.63) is 69.1 Å². The van der Waals surface area contributed by atoms with Crippen molar-refractivity contribution in [1.29, 1.82) is 0 Å². The number of allylic oxidation sites excluding steroid dienone is 1. The molecule has 5 nitrogen and oxygen atoms in total. The second kappa shape index (κ2) is 6.11. The van der Waals surface area contributed by atoms with Gasteiger partial charge in [-0.2, -0.15) is 9.78 Å². The number of halogens is 1. The lowest BCUT2D eigenvalue weighted by atomic mass is 10.2. The van der Waals surface area contributed by atoms with Crippen LogP contribution in [0, 0.1) is 6.92 Å². The first-order chi connectivity index (χ1) is 10.6. The van der Waals surface area contributed by atoms with Crippen LogP contribution in [0.15, 0.2) is 61.5 Å². The minimum Gasteiger partial charge on any atom is -0.465 e. The molecule has 0 spiro atoms. The molecule has 22 heavy (non-hydrogen) atoms. The van der Waals surface area contributed by atoms with Gasteiger partial charge in [0.1, 0.15) is 11.6 Å². The second-order valence-corrected chi connectivity index (χ2v) is 5.49. The lowest BCUT2D eigenvalue weighted by Gasteiger charge is -2.05. The largest absolute Gasteiger partial charge is 0.465 e. The van der Waals surface area contributed by atoms with E-state index in [-0.39, 0.29) is 5.56 Å². The molecular formula is C16H12BrN3O2. The molecule has 3 aromatic rings. The maximum Gasteiger partial charge on any atom is 0.282 e. The van der Waals surface area contributed by atoms with E-state index in [9.17, 15) is 4.79 Å². The van der Waals surface area contributed by atoms with Gasteiger partial charge >= 0.3 is 0 Å². The summed E-state index contributed by atoms with van der Waals surface area (Å²) in [5.41, 5.74) is 0.453. The van der Waals surface area contributed by atoms with Crippen molar-refractivity contribution in [3.63, 3.8) is 0 Å². The van der Waals surface area contributed by atoms with Crippen molar-refractivity contribution < 1.29 is 4.42 Å². The topological polar surface area (TPSA) is 60.4 Å². The minimum atomic E-state index is -0.202. The maximum atomic E-state index is 12.5. The Bertz CT molecular complexity index is 924. The quantitative estimate of drug-likeness (QED) is 0.672. The first-order valence-corrected chi connectivity index (χ1v) is 7.38. The second-order valence-electron chi connectivity index (χ2n) is 4.58. The molecule has 2 heterocycles. The molecule has 0 saturated carbocycles. The third kappa shape index (κ3) is 2.92. The Hall–Kier alpha value is -2.47. The van der Waals surface area contributed by atoms with Crippen LogP contribution in [0.1, 0.15) is 11.6 Å². The van der Waals surface area contributed by atoms with Gasteiger partial charge in [-0.1, -0.05) is 15.9 Å². The van der Waals surface area contributed by atoms with Crippen LogP contribution in [-0.2, 0) is 0 Å². The molecule has 0 saturated heterocycles. The van der Waals surface area contributed by atoms with Gasteiger partial charge in [-0.05, 0) is 49.4 Å². The Labute approximate surface area is 134 Å². The molecule has 0 aliphatic heterocycles. The predicted octanol–water partition coefficient (Wildman–Crippen LogP) is 3.61. The maximum absolute atomic E-state index is 12.5. The van der Waals surface area contributed by atoms with Crippen LogP contribution in [0.3, 0.4) is 0 Å². The summed E-state index contributed by atoms with van der Waals surface area (Å²) in [5.74, 6) is 1.25. The molecule has 0 radical (unpaired) electrons. The molecule has 0 unspecified atom stereocenters. The standard InChI is InChI=1S/C16H12BrN3O2/c1-11-19-15-7-6-12(17)10-14(15)16(21)20(11)18-8-2-4-13-5-3-9-22-13/h2-10H,1H3/b4-2+,18-8?. The SMILES string of the molecule is Cc1nc2ccc(Br)cc2c(=O)n1N=C/C=C/c1ccco1. The van der Waals surface area contributed by atoms with Gasteiger partial charge in [0.2, 0.25) is 0 Å². The summed E-state index contributed by atoms with van der Waals surface area (Å²) in [4.78, 5) is 16.9. The molecule has 0 amide bonds. The summed E-state index contributed by atoms with van der Waals surface area (Å²) in [6.07, 6.45) is 6.59. The van der Waals surface area contributed by atoms with Crippen molar-refractivity contribution in [2.24, 2.45) is 5.10 Å². The number of furan rings is 1. The highest BCUT2D eigenvalue weighted by Gasteiger charge is 2.07. The molecule has 0 aliphatic rings. The van der Waals surface area contributed by atoms with E-state index in [2.05, 4.69) is 26.0 Å². The fourth-order valence-corrected chi connectivity index (χ4v) is 2.39. The van der Waals surface area contributed by atoms with Crippen LogP contribution in [0.25, 0.3) is 17.0 Å². The van der Waals surface area contributed by atoms with Crippen molar-refractivity contribution >= 4 is 39.1 Å². The van der Waals surface area contributed by atoms with Crippen LogP contribution in [0.2, 0.25) is 0 Å². The number of aryl methyl sites for hydroxylation is 1. The van der Waals surface area contributed by atoms with E-state index < -0.39 is 0 Å². The van der Waals surface area contributed by atoms with Gasteiger partial charge in [0, 0.05) is 10.7 Å². The lowest BCUT2D eigenvalue weighted by molar-refractivity contribution is 0.557. The van der Waals surface area contributed by atoms with Crippen LogP contribution >= 0.6 is 15.9 Å². The van der Waals surface area contributed by atoms with Crippen molar-refractivity contribution in [3.8, 4) is 0 Å². The Morgan fingerprint density at radius 1 is 1.36 bits per heavy atom. The van der Waals surface area contributed by atoms with E-state index in [1.807, 2.05) is 12.1 Å². The number of fused-ring (bicyclic) bond motifs is 1. The predicted molar refractivity (Wildman–Crippen MR) is 90.1 cm³/mol. The van der Waals surface area contributed by atoms with E-state index in [1.54, 1.807) is 43.5 Å². The van der Waals surface area contributed by atoms with E-state index >= 15 is 0 Å². The van der Waals surface area contributed by atoms with Gasteiger partial charge in [0.15, 0.2) is 0 Å². The fraction of sp³-hybridized carbons (Fsp3) is 0.0625. The number of aromatic nitrogens is 2. The third-order valence-corrected chi connectivity index (χ3v) is 3.54. The van der Waals surface area contributed by atoms with Gasteiger partial charge in [-0.25, -0.2) is 4.98 Å². The first-order valence-electron chi connectivity index (χ1n) is 6.58. The fourth-order valence-electron chi connectivity index (χ4n) is 2.02. The van der Waals surface area contributed by atoms with Crippen molar-refractivity contribution in [2.45, 2.75) is 6.92 Å². The highest BCUT2D eigenvalue weighted by molar-refractivity contribution is 9.10. The molecule has 6 heteroatoms. The summed E-state index contributed by atoms with van der Waals surface area (Å²) in [6, 6.07) is 9.04. The average Bonchev–Trinajstić information content (AvgIpc) is 3.00. The zero-order valence-electron chi connectivity index (χ0n) is 11.7. The van der Waals surface area contributed by atoms with E-state index in [1.165, 1.54) is 10.9 Å². The Morgan fingerprint density at radius 2 is 2.23 bits per heavy atom. The molecule has 0 bridgehead atoms. The zero-order valence-corrected chi connectivity index (χ0v) is 13.3. The summed E-state index contributed by atoms with van der Waals surface area (Å²) in [7, 11) is 0. The Morgan fingerprint density at radius 3 is 3.00 bits per heavy atom. The molecule has 3 rings (SSSR count). The highest BCUT2D eigenvalue weighted by atomic mass is 79.9. The average molecular weight is 358 g/mol.